The highest BCUT2D eigenvalue weighted by atomic mass is 19.1. The number of ether oxygens (including phenoxy) is 1. The van der Waals surface area contributed by atoms with Gasteiger partial charge in [0.25, 0.3) is 0 Å². The maximum Gasteiger partial charge on any atom is 0.123 e. The highest BCUT2D eigenvalue weighted by molar-refractivity contribution is 5.17. The predicted molar refractivity (Wildman–Crippen MR) is 76.9 cm³/mol. The zero-order valence-electron chi connectivity index (χ0n) is 12.2. The number of likely N-dealkylation sites (N-methyl/N-ethyl adjacent to an activating group) is 1. The first kappa shape index (κ1) is 16.1. The van der Waals surface area contributed by atoms with Gasteiger partial charge in [-0.2, -0.15) is 0 Å². The molecule has 108 valence electrons. The van der Waals surface area contributed by atoms with Crippen molar-refractivity contribution in [3.05, 3.63) is 35.6 Å². The summed E-state index contributed by atoms with van der Waals surface area (Å²) in [6.07, 6.45) is 0.829. The van der Waals surface area contributed by atoms with E-state index in [0.717, 1.165) is 31.7 Å². The second kappa shape index (κ2) is 9.02. The van der Waals surface area contributed by atoms with Crippen LogP contribution < -0.4 is 5.32 Å². The Hall–Kier alpha value is -0.970. The third kappa shape index (κ3) is 7.93. The predicted octanol–water partition coefficient (Wildman–Crippen LogP) is 1.92. The molecule has 0 aromatic heterocycles. The molecular weight excluding hydrogens is 243 g/mol. The van der Waals surface area contributed by atoms with Gasteiger partial charge in [0.1, 0.15) is 5.82 Å². The molecule has 1 atom stereocenters. The Morgan fingerprint density at radius 1 is 1.32 bits per heavy atom. The summed E-state index contributed by atoms with van der Waals surface area (Å²) in [6.45, 7) is 5.34. The molecule has 0 heterocycles. The smallest absolute Gasteiger partial charge is 0.123 e. The second-order valence-electron chi connectivity index (χ2n) is 5.10. The van der Waals surface area contributed by atoms with Crippen molar-refractivity contribution in [1.29, 1.82) is 0 Å². The van der Waals surface area contributed by atoms with Gasteiger partial charge in [0, 0.05) is 19.1 Å². The molecule has 0 saturated carbocycles. The first-order valence-electron chi connectivity index (χ1n) is 6.78. The summed E-state index contributed by atoms with van der Waals surface area (Å²) in [5.74, 6) is -0.170. The Bertz CT molecular complexity index is 358. The van der Waals surface area contributed by atoms with Gasteiger partial charge >= 0.3 is 0 Å². The van der Waals surface area contributed by atoms with Gasteiger partial charge in [-0.05, 0) is 45.1 Å². The average molecular weight is 268 g/mol. The molecule has 0 bridgehead atoms. The van der Waals surface area contributed by atoms with Crippen molar-refractivity contribution in [3.63, 3.8) is 0 Å². The van der Waals surface area contributed by atoms with Crippen molar-refractivity contribution in [1.82, 2.24) is 10.2 Å². The molecule has 1 aromatic carbocycles. The van der Waals surface area contributed by atoms with Crippen LogP contribution in [0.1, 0.15) is 12.5 Å². The molecule has 4 heteroatoms. The van der Waals surface area contributed by atoms with E-state index in [4.69, 9.17) is 4.74 Å². The lowest BCUT2D eigenvalue weighted by molar-refractivity contribution is 0.118. The van der Waals surface area contributed by atoms with E-state index in [-0.39, 0.29) is 5.82 Å². The lowest BCUT2D eigenvalue weighted by Gasteiger charge is -2.14. The molecule has 19 heavy (non-hydrogen) atoms. The van der Waals surface area contributed by atoms with Crippen LogP contribution in [0.15, 0.2) is 24.3 Å². The third-order valence-corrected chi connectivity index (χ3v) is 2.85. The summed E-state index contributed by atoms with van der Waals surface area (Å²) in [4.78, 5) is 2.10. The molecule has 1 aromatic rings. The molecule has 1 unspecified atom stereocenters. The van der Waals surface area contributed by atoms with Gasteiger partial charge in [0.15, 0.2) is 0 Å². The molecule has 0 aliphatic heterocycles. The fourth-order valence-corrected chi connectivity index (χ4v) is 1.82. The van der Waals surface area contributed by atoms with Gasteiger partial charge in [-0.1, -0.05) is 12.1 Å². The van der Waals surface area contributed by atoms with Crippen molar-refractivity contribution >= 4 is 0 Å². The Kier molecular flexibility index (Phi) is 7.63. The van der Waals surface area contributed by atoms with Gasteiger partial charge in [-0.25, -0.2) is 4.39 Å². The van der Waals surface area contributed by atoms with E-state index in [1.807, 2.05) is 20.2 Å². The zero-order valence-corrected chi connectivity index (χ0v) is 12.2. The molecule has 0 aliphatic carbocycles. The topological polar surface area (TPSA) is 24.5 Å². The number of nitrogens with zero attached hydrogens (tertiary/aromatic N) is 1. The fraction of sp³-hybridized carbons (Fsp3) is 0.600. The quantitative estimate of drug-likeness (QED) is 0.693. The summed E-state index contributed by atoms with van der Waals surface area (Å²) in [7, 11) is 4.06. The molecule has 0 aliphatic rings. The van der Waals surface area contributed by atoms with Crippen molar-refractivity contribution in [2.24, 2.45) is 0 Å². The largest absolute Gasteiger partial charge is 0.379 e. The fourth-order valence-electron chi connectivity index (χ4n) is 1.82. The average Bonchev–Trinajstić information content (AvgIpc) is 2.33. The molecule has 0 spiro atoms. The molecule has 1 rings (SSSR count). The molecule has 0 amide bonds. The van der Waals surface area contributed by atoms with E-state index in [2.05, 4.69) is 17.1 Å². The SMILES string of the molecule is CC(Cc1cccc(F)c1)NCCOCCN(C)C. The van der Waals surface area contributed by atoms with Gasteiger partial charge in [-0.3, -0.25) is 0 Å². The molecule has 1 N–H and O–H groups in total. The lowest BCUT2D eigenvalue weighted by Crippen LogP contribution is -2.31. The molecule has 0 fully saturated rings. The number of hydrogen-bond donors (Lipinski definition) is 1. The highest BCUT2D eigenvalue weighted by Crippen LogP contribution is 2.06. The number of benzene rings is 1. The van der Waals surface area contributed by atoms with Crippen LogP contribution in [0.3, 0.4) is 0 Å². The van der Waals surface area contributed by atoms with Crippen LogP contribution in [0.25, 0.3) is 0 Å². The first-order valence-corrected chi connectivity index (χ1v) is 6.78. The minimum atomic E-state index is -0.170. The van der Waals surface area contributed by atoms with Crippen LogP contribution >= 0.6 is 0 Å². The molecule has 0 radical (unpaired) electrons. The van der Waals surface area contributed by atoms with Gasteiger partial charge in [-0.15, -0.1) is 0 Å². The molecule has 3 nitrogen and oxygen atoms in total. The normalized spacial score (nSPS) is 12.9. The van der Waals surface area contributed by atoms with Crippen LogP contribution in [0, 0.1) is 5.82 Å². The molecule has 0 saturated heterocycles. The van der Waals surface area contributed by atoms with Crippen LogP contribution in [-0.4, -0.2) is 51.3 Å². The van der Waals surface area contributed by atoms with Crippen molar-refractivity contribution < 1.29 is 9.13 Å². The highest BCUT2D eigenvalue weighted by Gasteiger charge is 2.03. The summed E-state index contributed by atoms with van der Waals surface area (Å²) in [5.41, 5.74) is 1.02. The van der Waals surface area contributed by atoms with Gasteiger partial charge in [0.2, 0.25) is 0 Å². The van der Waals surface area contributed by atoms with Crippen molar-refractivity contribution in [2.45, 2.75) is 19.4 Å². The Morgan fingerprint density at radius 2 is 2.11 bits per heavy atom. The summed E-state index contributed by atoms with van der Waals surface area (Å²) in [5, 5.41) is 3.38. The monoisotopic (exact) mass is 268 g/mol. The van der Waals surface area contributed by atoms with Crippen LogP contribution in [0.4, 0.5) is 4.39 Å². The van der Waals surface area contributed by atoms with E-state index >= 15 is 0 Å². The van der Waals surface area contributed by atoms with Crippen molar-refractivity contribution in [2.75, 3.05) is 40.4 Å². The minimum Gasteiger partial charge on any atom is -0.379 e. The number of nitrogens with one attached hydrogen (secondary N) is 1. The zero-order chi connectivity index (χ0) is 14.1. The third-order valence-electron chi connectivity index (χ3n) is 2.85. The van der Waals surface area contributed by atoms with E-state index in [1.165, 1.54) is 6.07 Å². The maximum atomic E-state index is 13.0. The Morgan fingerprint density at radius 3 is 2.79 bits per heavy atom. The lowest BCUT2D eigenvalue weighted by atomic mass is 10.1. The number of halogens is 1. The number of hydrogen-bond acceptors (Lipinski definition) is 3. The Balaban J connectivity index is 2.09. The standard InChI is InChI=1S/C15H25FN2O/c1-13(11-14-5-4-6-15(16)12-14)17-7-9-19-10-8-18(2)3/h4-6,12-13,17H,7-11H2,1-3H3. The van der Waals surface area contributed by atoms with Crippen molar-refractivity contribution in [3.8, 4) is 0 Å². The summed E-state index contributed by atoms with van der Waals surface area (Å²) < 4.78 is 18.5. The maximum absolute atomic E-state index is 13.0. The van der Waals surface area contributed by atoms with E-state index in [1.54, 1.807) is 12.1 Å². The van der Waals surface area contributed by atoms with Gasteiger partial charge in [0.05, 0.1) is 13.2 Å². The van der Waals surface area contributed by atoms with Gasteiger partial charge < -0.3 is 15.0 Å². The summed E-state index contributed by atoms with van der Waals surface area (Å²) in [6, 6.07) is 7.09. The van der Waals surface area contributed by atoms with E-state index < -0.39 is 0 Å². The van der Waals surface area contributed by atoms with Crippen LogP contribution in [0.2, 0.25) is 0 Å². The van der Waals surface area contributed by atoms with Crippen LogP contribution in [-0.2, 0) is 11.2 Å². The first-order chi connectivity index (χ1) is 9.08. The van der Waals surface area contributed by atoms with Crippen LogP contribution in [0.5, 0.6) is 0 Å². The summed E-state index contributed by atoms with van der Waals surface area (Å²) >= 11 is 0. The Labute approximate surface area is 115 Å². The molecular formula is C15H25FN2O. The second-order valence-corrected chi connectivity index (χ2v) is 5.10. The number of rotatable bonds is 9. The van der Waals surface area contributed by atoms with E-state index in [0.29, 0.717) is 12.6 Å². The van der Waals surface area contributed by atoms with E-state index in [9.17, 15) is 4.39 Å². The minimum absolute atomic E-state index is 0.170.